The Morgan fingerprint density at radius 2 is 1.10 bits per heavy atom. The van der Waals surface area contributed by atoms with Gasteiger partial charge < -0.3 is 20.5 Å². The largest absolute Gasteiger partial charge is 0.497 e. The summed E-state index contributed by atoms with van der Waals surface area (Å²) in [6, 6.07) is 28.4. The third-order valence-corrected chi connectivity index (χ3v) is 10.9. The van der Waals surface area contributed by atoms with Crippen LogP contribution in [0.3, 0.4) is 0 Å². The number of alkyl halides is 6. The van der Waals surface area contributed by atoms with Gasteiger partial charge in [-0.3, -0.25) is 9.97 Å². The summed E-state index contributed by atoms with van der Waals surface area (Å²) in [5, 5.41) is 13.6. The highest BCUT2D eigenvalue weighted by molar-refractivity contribution is 5.86. The van der Waals surface area contributed by atoms with Crippen molar-refractivity contribution >= 4 is 21.8 Å². The molecule has 0 saturated carbocycles. The van der Waals surface area contributed by atoms with Crippen LogP contribution in [-0.4, -0.2) is 53.7 Å². The van der Waals surface area contributed by atoms with Crippen LogP contribution >= 0.6 is 0 Å². The lowest BCUT2D eigenvalue weighted by atomic mass is 10.0. The molecule has 0 saturated heterocycles. The van der Waals surface area contributed by atoms with Crippen molar-refractivity contribution in [2.24, 2.45) is 5.73 Å². The zero-order chi connectivity index (χ0) is 47.5. The van der Waals surface area contributed by atoms with E-state index in [2.05, 4.69) is 35.5 Å². The number of nitrogens with two attached hydrogens (primary N) is 1. The minimum atomic E-state index is -4.54. The van der Waals surface area contributed by atoms with Crippen LogP contribution in [0, 0.1) is 0 Å². The smallest absolute Gasteiger partial charge is 0.433 e. The molecule has 0 aliphatic carbocycles. The predicted octanol–water partition coefficient (Wildman–Crippen LogP) is 10.9. The second kappa shape index (κ2) is 19.0. The molecule has 12 nitrogen and oxygen atoms in total. The van der Waals surface area contributed by atoms with Crippen LogP contribution in [0.5, 0.6) is 11.5 Å². The first kappa shape index (κ1) is 45.9. The third kappa shape index (κ3) is 10.2. The number of halogens is 6. The van der Waals surface area contributed by atoms with Crippen molar-refractivity contribution in [3.05, 3.63) is 168 Å². The second-order valence-electron chi connectivity index (χ2n) is 15.5. The van der Waals surface area contributed by atoms with E-state index < -0.39 is 23.7 Å². The number of aromatic nitrogens is 8. The van der Waals surface area contributed by atoms with E-state index in [9.17, 15) is 26.3 Å². The normalized spacial score (nSPS) is 12.7. The van der Waals surface area contributed by atoms with Gasteiger partial charge in [-0.2, -0.15) is 36.5 Å². The molecule has 0 aliphatic rings. The average molecular weight is 917 g/mol. The van der Waals surface area contributed by atoms with E-state index in [1.807, 2.05) is 86.8 Å². The first-order valence-electron chi connectivity index (χ1n) is 20.7. The Kier molecular flexibility index (Phi) is 13.0. The van der Waals surface area contributed by atoms with Crippen LogP contribution in [-0.2, 0) is 18.9 Å². The molecule has 0 spiro atoms. The Balaban J connectivity index is 0.000000192. The van der Waals surface area contributed by atoms with Crippen LogP contribution in [0.15, 0.2) is 140 Å². The van der Waals surface area contributed by atoms with Crippen LogP contribution in [0.2, 0.25) is 0 Å². The number of fused-ring (bicyclic) bond motifs is 2. The Morgan fingerprint density at radius 3 is 1.60 bits per heavy atom. The molecule has 0 aliphatic heterocycles. The van der Waals surface area contributed by atoms with Gasteiger partial charge in [0.25, 0.3) is 0 Å². The van der Waals surface area contributed by atoms with Crippen molar-refractivity contribution in [1.29, 1.82) is 0 Å². The van der Waals surface area contributed by atoms with Crippen LogP contribution < -0.4 is 20.5 Å². The van der Waals surface area contributed by atoms with Crippen LogP contribution in [0.4, 0.5) is 26.3 Å². The lowest BCUT2D eigenvalue weighted by Crippen LogP contribution is -2.18. The Bertz CT molecular complexity index is 3180. The summed E-state index contributed by atoms with van der Waals surface area (Å²) >= 11 is 0. The topological polar surface area (TPSA) is 144 Å². The number of rotatable bonds is 11. The van der Waals surface area contributed by atoms with E-state index in [0.717, 1.165) is 73.3 Å². The molecule has 2 unspecified atom stereocenters. The summed E-state index contributed by atoms with van der Waals surface area (Å²) in [6.45, 7) is 4.50. The van der Waals surface area contributed by atoms with Crippen LogP contribution in [0.25, 0.3) is 55.7 Å². The molecule has 67 heavy (non-hydrogen) atoms. The first-order valence-corrected chi connectivity index (χ1v) is 20.7. The summed E-state index contributed by atoms with van der Waals surface area (Å²) in [4.78, 5) is 16.2. The molecule has 6 aromatic heterocycles. The fourth-order valence-electron chi connectivity index (χ4n) is 7.26. The lowest BCUT2D eigenvalue weighted by Gasteiger charge is -2.17. The van der Waals surface area contributed by atoms with E-state index in [0.29, 0.717) is 17.6 Å². The fraction of sp³-hybridized carbons (Fsp3) is 0.184. The van der Waals surface area contributed by atoms with E-state index >= 15 is 0 Å². The van der Waals surface area contributed by atoms with Gasteiger partial charge in [0.15, 0.2) is 11.6 Å². The van der Waals surface area contributed by atoms with Gasteiger partial charge in [-0.15, -0.1) is 0 Å². The zero-order valence-electron chi connectivity index (χ0n) is 36.4. The predicted molar refractivity (Wildman–Crippen MR) is 242 cm³/mol. The number of hydrogen-bond acceptors (Lipinski definition) is 10. The molecule has 0 fully saturated rings. The van der Waals surface area contributed by atoms with Gasteiger partial charge >= 0.3 is 12.4 Å². The Hall–Kier alpha value is -7.70. The molecule has 3 aromatic carbocycles. The molecular formula is C49H42F6N10O2. The number of benzene rings is 3. The summed E-state index contributed by atoms with van der Waals surface area (Å²) in [6.07, 6.45) is 1.14. The third-order valence-electron chi connectivity index (χ3n) is 10.9. The van der Waals surface area contributed by atoms with Crippen molar-refractivity contribution in [2.75, 3.05) is 14.2 Å². The van der Waals surface area contributed by atoms with Crippen molar-refractivity contribution in [1.82, 2.24) is 44.8 Å². The van der Waals surface area contributed by atoms with E-state index in [4.69, 9.17) is 15.2 Å². The maximum absolute atomic E-state index is 13.2. The maximum Gasteiger partial charge on any atom is 0.433 e. The first-order chi connectivity index (χ1) is 32.1. The van der Waals surface area contributed by atoms with Gasteiger partial charge in [-0.1, -0.05) is 42.5 Å². The van der Waals surface area contributed by atoms with Crippen LogP contribution in [0.1, 0.15) is 54.0 Å². The Morgan fingerprint density at radius 1 is 0.582 bits per heavy atom. The lowest BCUT2D eigenvalue weighted by molar-refractivity contribution is -0.141. The highest BCUT2D eigenvalue weighted by Gasteiger charge is 2.33. The molecule has 9 aromatic rings. The van der Waals surface area contributed by atoms with E-state index in [-0.39, 0.29) is 23.7 Å². The van der Waals surface area contributed by atoms with Crippen molar-refractivity contribution in [3.63, 3.8) is 0 Å². The molecule has 0 amide bonds. The molecule has 6 heterocycles. The van der Waals surface area contributed by atoms with Gasteiger partial charge in [-0.05, 0) is 90.7 Å². The zero-order valence-corrected chi connectivity index (χ0v) is 36.4. The minimum absolute atomic E-state index is 0.0205. The minimum Gasteiger partial charge on any atom is -0.497 e. The van der Waals surface area contributed by atoms with Gasteiger partial charge in [0, 0.05) is 76.9 Å². The number of hydrogen-bond donors (Lipinski definition) is 2. The van der Waals surface area contributed by atoms with Gasteiger partial charge in [0.1, 0.15) is 22.9 Å². The highest BCUT2D eigenvalue weighted by atomic mass is 19.4. The molecular weight excluding hydrogens is 875 g/mol. The molecule has 9 rings (SSSR count). The summed E-state index contributed by atoms with van der Waals surface area (Å²) in [7, 11) is 3.24. The molecule has 3 N–H and O–H groups in total. The Labute approximate surface area is 380 Å². The molecule has 2 atom stereocenters. The van der Waals surface area contributed by atoms with Crippen molar-refractivity contribution in [2.45, 2.75) is 44.8 Å². The van der Waals surface area contributed by atoms with Crippen molar-refractivity contribution < 1.29 is 35.8 Å². The van der Waals surface area contributed by atoms with Gasteiger partial charge in [0.2, 0.25) is 0 Å². The number of nitrogens with zero attached hydrogens (tertiary/aromatic N) is 8. The maximum atomic E-state index is 13.2. The van der Waals surface area contributed by atoms with Gasteiger partial charge in [-0.25, -0.2) is 19.3 Å². The van der Waals surface area contributed by atoms with E-state index in [1.54, 1.807) is 45.2 Å². The molecule has 0 radical (unpaired) electrons. The number of methoxy groups -OCH3 is 2. The quantitative estimate of drug-likeness (QED) is 0.120. The number of nitrogens with one attached hydrogen (secondary N) is 1. The second-order valence-corrected chi connectivity index (χ2v) is 15.5. The average Bonchev–Trinajstić information content (AvgIpc) is 3.97. The summed E-state index contributed by atoms with van der Waals surface area (Å²) in [5.41, 5.74) is 11.6. The number of pyridine rings is 4. The highest BCUT2D eigenvalue weighted by Crippen LogP contribution is 2.33. The summed E-state index contributed by atoms with van der Waals surface area (Å²) < 4.78 is 92.2. The SMILES string of the molecule is CC(N)c1cncc(-c2ccc3cnn(-c4cccc(C(F)(F)F)n4)c3c2)c1.COc1ccc(CNC(C)c2cncc(-c3ccc4cnn(-c5cccc(C(F)(F)F)n5)c4c3)c2)c(OC)c1. The molecule has 0 bridgehead atoms. The monoisotopic (exact) mass is 916 g/mol. The fourth-order valence-corrected chi connectivity index (χ4v) is 7.26. The van der Waals surface area contributed by atoms with Gasteiger partial charge in [0.05, 0.1) is 37.6 Å². The summed E-state index contributed by atoms with van der Waals surface area (Å²) in [5.74, 6) is 1.66. The number of ether oxygens (including phenoxy) is 2. The standard InChI is InChI=1S/C29H26F3N5O2.C20H16F3N5/c1-18(34-16-21-9-10-24(38-2)13-26(21)39-3)22-11-23(15-33-14-22)19-7-8-20-17-35-37(25(20)12-19)28-6-4-5-27(36-28)29(30,31)32;1-12(24)15-7-16(10-25-9-15)13-5-6-14-11-26-28(17(14)8-13)19-4-2-3-18(27-19)20(21,22)23/h4-15,17-18,34H,16H2,1-3H3;2-12H,24H2,1H3. The molecule has 342 valence electrons. The molecule has 18 heteroatoms. The van der Waals surface area contributed by atoms with Crippen molar-refractivity contribution in [3.8, 4) is 45.4 Å². The van der Waals surface area contributed by atoms with E-state index in [1.165, 1.54) is 33.6 Å².